The van der Waals surface area contributed by atoms with Crippen LogP contribution in [-0.2, 0) is 0 Å². The number of nitrogens with zero attached hydrogens (tertiary/aromatic N) is 2. The van der Waals surface area contributed by atoms with E-state index in [2.05, 4.69) is 16.1 Å². The lowest BCUT2D eigenvalue weighted by molar-refractivity contribution is 0.243. The van der Waals surface area contributed by atoms with Crippen molar-refractivity contribution in [2.24, 2.45) is 0 Å². The van der Waals surface area contributed by atoms with Gasteiger partial charge >= 0.3 is 0 Å². The molecule has 1 heterocycles. The smallest absolute Gasteiger partial charge is 0.174 e. The summed E-state index contributed by atoms with van der Waals surface area (Å²) in [6.45, 7) is 2.93. The zero-order valence-electron chi connectivity index (χ0n) is 11.5. The van der Waals surface area contributed by atoms with Gasteiger partial charge in [-0.2, -0.15) is 5.26 Å². The van der Waals surface area contributed by atoms with Gasteiger partial charge in [0.15, 0.2) is 6.61 Å². The minimum atomic E-state index is 0.0837. The normalized spacial score (nSPS) is 16.1. The first-order valence-corrected chi connectivity index (χ1v) is 6.84. The highest BCUT2D eigenvalue weighted by Crippen LogP contribution is 2.19. The van der Waals surface area contributed by atoms with Gasteiger partial charge in [0, 0.05) is 24.8 Å². The Balaban J connectivity index is 1.80. The molecule has 1 aromatic rings. The van der Waals surface area contributed by atoms with Gasteiger partial charge in [0.2, 0.25) is 0 Å². The highest BCUT2D eigenvalue weighted by atomic mass is 16.5. The van der Waals surface area contributed by atoms with Crippen LogP contribution in [0.2, 0.25) is 0 Å². The maximum Gasteiger partial charge on any atom is 0.174 e. The Kier molecular flexibility index (Phi) is 5.29. The second kappa shape index (κ2) is 7.43. The fourth-order valence-corrected chi connectivity index (χ4v) is 2.36. The van der Waals surface area contributed by atoms with Crippen molar-refractivity contribution in [1.29, 1.82) is 5.26 Å². The molecular weight excluding hydrogens is 250 g/mol. The fourth-order valence-electron chi connectivity index (χ4n) is 2.36. The Bertz CT molecular complexity index is 490. The maximum absolute atomic E-state index is 8.45. The van der Waals surface area contributed by atoms with E-state index in [0.29, 0.717) is 6.04 Å². The molecule has 1 N–H and O–H groups in total. The average Bonchev–Trinajstić information content (AvgIpc) is 2.49. The predicted molar refractivity (Wildman–Crippen MR) is 79.5 cm³/mol. The number of hydrogen-bond donors (Lipinski definition) is 1. The van der Waals surface area contributed by atoms with Crippen molar-refractivity contribution < 1.29 is 4.74 Å². The molecule has 0 atom stereocenters. The van der Waals surface area contributed by atoms with E-state index < -0.39 is 0 Å². The summed E-state index contributed by atoms with van der Waals surface area (Å²) in [5.74, 6) is 3.42. The first-order chi connectivity index (χ1) is 9.81. The van der Waals surface area contributed by atoms with Gasteiger partial charge in [-0.1, -0.05) is 5.92 Å². The Hall–Kier alpha value is -2.17. The topological polar surface area (TPSA) is 48.3 Å². The van der Waals surface area contributed by atoms with Crippen LogP contribution in [-0.4, -0.2) is 37.2 Å². The molecule has 1 fully saturated rings. The van der Waals surface area contributed by atoms with E-state index in [1.54, 1.807) is 0 Å². The van der Waals surface area contributed by atoms with E-state index >= 15 is 0 Å². The molecule has 0 aliphatic carbocycles. The van der Waals surface area contributed by atoms with Crippen LogP contribution in [0.5, 0.6) is 5.75 Å². The number of piperidine rings is 1. The lowest BCUT2D eigenvalue weighted by Gasteiger charge is -2.31. The van der Waals surface area contributed by atoms with Gasteiger partial charge in [0.05, 0.1) is 6.54 Å². The highest BCUT2D eigenvalue weighted by molar-refractivity contribution is 5.47. The fraction of sp³-hybridized carbons (Fsp3) is 0.438. The van der Waals surface area contributed by atoms with Gasteiger partial charge in [0.1, 0.15) is 11.8 Å². The third-order valence-corrected chi connectivity index (χ3v) is 3.43. The van der Waals surface area contributed by atoms with Crippen LogP contribution in [0.3, 0.4) is 0 Å². The molecule has 0 spiro atoms. The molecule has 1 saturated heterocycles. The second-order valence-electron chi connectivity index (χ2n) is 4.87. The van der Waals surface area contributed by atoms with Gasteiger partial charge in [0.25, 0.3) is 0 Å². The molecule has 0 amide bonds. The number of hydrogen-bond acceptors (Lipinski definition) is 4. The van der Waals surface area contributed by atoms with Gasteiger partial charge in [-0.3, -0.25) is 4.90 Å². The van der Waals surface area contributed by atoms with Gasteiger partial charge in [-0.05, 0) is 37.1 Å². The number of anilines is 1. The minimum absolute atomic E-state index is 0.0837. The average molecular weight is 269 g/mol. The van der Waals surface area contributed by atoms with Crippen LogP contribution in [0.4, 0.5) is 5.69 Å². The molecule has 0 saturated carbocycles. The molecule has 20 heavy (non-hydrogen) atoms. The van der Waals surface area contributed by atoms with Crippen molar-refractivity contribution in [2.45, 2.75) is 18.9 Å². The SMILES string of the molecule is C#CCN1CCC(Nc2ccc(OCC#N)cc2)CC1. The number of likely N-dealkylation sites (tertiary alicyclic amines) is 1. The first-order valence-electron chi connectivity index (χ1n) is 6.84. The number of terminal acetylenes is 1. The summed E-state index contributed by atoms with van der Waals surface area (Å²) < 4.78 is 5.23. The number of nitrogens with one attached hydrogen (secondary N) is 1. The van der Waals surface area contributed by atoms with E-state index in [-0.39, 0.29) is 6.61 Å². The quantitative estimate of drug-likeness (QED) is 0.832. The summed E-state index contributed by atoms with van der Waals surface area (Å²) in [7, 11) is 0. The second-order valence-corrected chi connectivity index (χ2v) is 4.87. The van der Waals surface area contributed by atoms with E-state index in [4.69, 9.17) is 16.4 Å². The molecule has 1 aliphatic rings. The molecular formula is C16H19N3O. The van der Waals surface area contributed by atoms with Crippen molar-refractivity contribution in [2.75, 3.05) is 31.6 Å². The molecule has 0 unspecified atom stereocenters. The molecule has 0 aromatic heterocycles. The predicted octanol–water partition coefficient (Wildman–Crippen LogP) is 2.10. The molecule has 0 radical (unpaired) electrons. The van der Waals surface area contributed by atoms with E-state index in [0.717, 1.165) is 43.9 Å². The van der Waals surface area contributed by atoms with Crippen molar-refractivity contribution >= 4 is 5.69 Å². The number of ether oxygens (including phenoxy) is 1. The highest BCUT2D eigenvalue weighted by Gasteiger charge is 2.18. The first kappa shape index (κ1) is 14.2. The largest absolute Gasteiger partial charge is 0.479 e. The minimum Gasteiger partial charge on any atom is -0.479 e. The van der Waals surface area contributed by atoms with Crippen LogP contribution in [0.15, 0.2) is 24.3 Å². The molecule has 2 rings (SSSR count). The summed E-state index contributed by atoms with van der Waals surface area (Å²) in [6, 6.07) is 10.2. The van der Waals surface area contributed by atoms with Crippen LogP contribution in [0.25, 0.3) is 0 Å². The number of benzene rings is 1. The van der Waals surface area contributed by atoms with Crippen molar-refractivity contribution in [1.82, 2.24) is 4.90 Å². The Morgan fingerprint density at radius 1 is 1.30 bits per heavy atom. The van der Waals surface area contributed by atoms with Crippen molar-refractivity contribution in [3.8, 4) is 24.2 Å². The molecule has 4 heteroatoms. The summed E-state index contributed by atoms with van der Waals surface area (Å²) in [5, 5.41) is 12.0. The lowest BCUT2D eigenvalue weighted by atomic mass is 10.0. The maximum atomic E-state index is 8.45. The lowest BCUT2D eigenvalue weighted by Crippen LogP contribution is -2.39. The Morgan fingerprint density at radius 3 is 2.60 bits per heavy atom. The summed E-state index contributed by atoms with van der Waals surface area (Å²) in [6.07, 6.45) is 7.54. The standard InChI is InChI=1S/C16H19N3O/c1-2-10-19-11-7-15(8-12-19)18-14-3-5-16(6-4-14)20-13-9-17/h1,3-6,15,18H,7-8,10-13H2. The third kappa shape index (κ3) is 4.19. The van der Waals surface area contributed by atoms with E-state index in [1.807, 2.05) is 30.3 Å². The summed E-state index contributed by atoms with van der Waals surface area (Å²) >= 11 is 0. The van der Waals surface area contributed by atoms with Crippen LogP contribution < -0.4 is 10.1 Å². The third-order valence-electron chi connectivity index (χ3n) is 3.43. The zero-order chi connectivity index (χ0) is 14.2. The summed E-state index contributed by atoms with van der Waals surface area (Å²) in [4.78, 5) is 2.30. The Morgan fingerprint density at radius 2 is 2.00 bits per heavy atom. The van der Waals surface area contributed by atoms with Gasteiger partial charge in [-0.25, -0.2) is 0 Å². The number of nitriles is 1. The molecule has 1 aliphatic heterocycles. The zero-order valence-corrected chi connectivity index (χ0v) is 11.5. The summed E-state index contributed by atoms with van der Waals surface area (Å²) in [5.41, 5.74) is 1.09. The van der Waals surface area contributed by atoms with Crippen molar-refractivity contribution in [3.63, 3.8) is 0 Å². The molecule has 1 aromatic carbocycles. The van der Waals surface area contributed by atoms with Crippen LogP contribution in [0.1, 0.15) is 12.8 Å². The number of rotatable bonds is 5. The van der Waals surface area contributed by atoms with Crippen LogP contribution in [0, 0.1) is 23.7 Å². The molecule has 104 valence electrons. The van der Waals surface area contributed by atoms with E-state index in [9.17, 15) is 0 Å². The Labute approximate surface area is 120 Å². The molecule has 4 nitrogen and oxygen atoms in total. The molecule has 0 bridgehead atoms. The van der Waals surface area contributed by atoms with E-state index in [1.165, 1.54) is 0 Å². The van der Waals surface area contributed by atoms with Gasteiger partial charge in [-0.15, -0.1) is 6.42 Å². The van der Waals surface area contributed by atoms with Crippen molar-refractivity contribution in [3.05, 3.63) is 24.3 Å². The monoisotopic (exact) mass is 269 g/mol. The van der Waals surface area contributed by atoms with Gasteiger partial charge < -0.3 is 10.1 Å². The van der Waals surface area contributed by atoms with Crippen LogP contribution >= 0.6 is 0 Å².